The van der Waals surface area contributed by atoms with E-state index >= 15 is 0 Å². The minimum atomic E-state index is -4.66. The van der Waals surface area contributed by atoms with Crippen LogP contribution in [0.5, 0.6) is 0 Å². The van der Waals surface area contributed by atoms with E-state index in [1.807, 2.05) is 0 Å². The van der Waals surface area contributed by atoms with Crippen molar-refractivity contribution < 1.29 is 18.0 Å². The molecule has 3 N–H and O–H groups in total. The number of nitrogens with one attached hydrogen (secondary N) is 1. The number of nitrogens with zero attached hydrogens (tertiary/aromatic N) is 3. The highest BCUT2D eigenvalue weighted by atomic mass is 32.2. The van der Waals surface area contributed by atoms with Crippen LogP contribution in [0.2, 0.25) is 0 Å². The maximum Gasteiger partial charge on any atom is 0.453 e. The molecule has 4 aliphatic rings. The molecule has 5 rings (SSSR count). The van der Waals surface area contributed by atoms with Crippen molar-refractivity contribution >= 4 is 17.7 Å². The molecule has 0 radical (unpaired) electrons. The van der Waals surface area contributed by atoms with E-state index in [4.69, 9.17) is 5.84 Å². The summed E-state index contributed by atoms with van der Waals surface area (Å²) in [6.07, 6.45) is 2.26. The number of hydrogen-bond donors (Lipinski definition) is 2. The molecular weight excluding hydrogens is 355 g/mol. The largest absolute Gasteiger partial charge is 0.453 e. The molecule has 4 saturated carbocycles. The summed E-state index contributed by atoms with van der Waals surface area (Å²) in [6.45, 7) is 0. The molecule has 1 amide bonds. The topological polar surface area (TPSA) is 85.8 Å². The zero-order chi connectivity index (χ0) is 17.8. The highest BCUT2D eigenvalue weighted by molar-refractivity contribution is 7.99. The van der Waals surface area contributed by atoms with Crippen molar-refractivity contribution in [1.82, 2.24) is 20.2 Å². The molecule has 138 valence electrons. The van der Waals surface area contributed by atoms with Gasteiger partial charge in [0, 0.05) is 5.54 Å². The molecule has 10 heteroatoms. The van der Waals surface area contributed by atoms with E-state index < -0.39 is 12.0 Å². The number of rotatable bonds is 4. The highest BCUT2D eigenvalue weighted by Crippen LogP contribution is 2.55. The molecule has 4 bridgehead atoms. The van der Waals surface area contributed by atoms with E-state index in [9.17, 15) is 18.0 Å². The van der Waals surface area contributed by atoms with Crippen LogP contribution < -0.4 is 11.2 Å². The van der Waals surface area contributed by atoms with Crippen LogP contribution in [0.3, 0.4) is 0 Å². The summed E-state index contributed by atoms with van der Waals surface area (Å²) in [4.78, 5) is 12.4. The molecule has 0 spiro atoms. The molecule has 4 aliphatic carbocycles. The molecule has 1 aromatic heterocycles. The molecule has 1 heterocycles. The van der Waals surface area contributed by atoms with Gasteiger partial charge in [-0.2, -0.15) is 13.2 Å². The normalized spacial score (nSPS) is 33.6. The van der Waals surface area contributed by atoms with Gasteiger partial charge in [-0.1, -0.05) is 11.8 Å². The van der Waals surface area contributed by atoms with E-state index in [-0.39, 0.29) is 22.4 Å². The molecule has 0 aliphatic heterocycles. The Morgan fingerprint density at radius 1 is 1.20 bits per heavy atom. The predicted octanol–water partition coefficient (Wildman–Crippen LogP) is 2.19. The molecule has 0 saturated heterocycles. The van der Waals surface area contributed by atoms with E-state index in [2.05, 4.69) is 15.5 Å². The van der Waals surface area contributed by atoms with Crippen LogP contribution in [0, 0.1) is 17.8 Å². The van der Waals surface area contributed by atoms with Gasteiger partial charge in [0.15, 0.2) is 0 Å². The Balaban J connectivity index is 1.37. The van der Waals surface area contributed by atoms with Gasteiger partial charge in [0.2, 0.25) is 11.1 Å². The second-order valence-corrected chi connectivity index (χ2v) is 8.65. The van der Waals surface area contributed by atoms with Gasteiger partial charge in [-0.15, -0.1) is 10.2 Å². The molecule has 6 nitrogen and oxygen atoms in total. The van der Waals surface area contributed by atoms with Crippen LogP contribution in [0.25, 0.3) is 0 Å². The summed E-state index contributed by atoms with van der Waals surface area (Å²) >= 11 is 0.873. The number of aromatic nitrogens is 3. The number of amides is 1. The van der Waals surface area contributed by atoms with Gasteiger partial charge in [0.25, 0.3) is 5.82 Å². The first-order valence-electron chi connectivity index (χ1n) is 8.45. The van der Waals surface area contributed by atoms with Crippen LogP contribution in [-0.4, -0.2) is 32.1 Å². The Morgan fingerprint density at radius 2 is 1.76 bits per heavy atom. The number of hydrogen-bond acceptors (Lipinski definition) is 5. The molecule has 0 atom stereocenters. The quantitative estimate of drug-likeness (QED) is 0.622. The lowest BCUT2D eigenvalue weighted by molar-refractivity contribution is -0.146. The third-order valence-electron chi connectivity index (χ3n) is 5.69. The van der Waals surface area contributed by atoms with Crippen LogP contribution in [-0.2, 0) is 11.0 Å². The van der Waals surface area contributed by atoms with Crippen molar-refractivity contribution in [3.05, 3.63) is 5.82 Å². The Kier molecular flexibility index (Phi) is 3.93. The molecule has 4 fully saturated rings. The van der Waals surface area contributed by atoms with E-state index in [1.54, 1.807) is 0 Å². The Labute approximate surface area is 147 Å². The number of nitrogens with two attached hydrogens (primary N) is 1. The number of carbonyl (C=O) groups is 1. The Hall–Kier alpha value is -1.45. The lowest BCUT2D eigenvalue weighted by atomic mass is 9.53. The molecule has 1 aromatic rings. The van der Waals surface area contributed by atoms with E-state index in [0.717, 1.165) is 31.0 Å². The third-order valence-corrected chi connectivity index (χ3v) is 6.64. The van der Waals surface area contributed by atoms with Crippen molar-refractivity contribution in [2.75, 3.05) is 11.6 Å². The van der Waals surface area contributed by atoms with Crippen LogP contribution in [0.15, 0.2) is 5.16 Å². The fourth-order valence-electron chi connectivity index (χ4n) is 5.29. The summed E-state index contributed by atoms with van der Waals surface area (Å²) in [5.74, 6) is 6.05. The summed E-state index contributed by atoms with van der Waals surface area (Å²) < 4.78 is 38.4. The number of nitrogen functional groups attached to an aromatic ring is 1. The SMILES string of the molecule is Nn1c(SCC(=O)NC23CC4CC(CC(C4)C2)C3)nnc1C(F)(F)F. The Morgan fingerprint density at radius 3 is 2.24 bits per heavy atom. The van der Waals surface area contributed by atoms with Crippen molar-refractivity contribution in [3.8, 4) is 0 Å². The second-order valence-electron chi connectivity index (χ2n) is 7.71. The van der Waals surface area contributed by atoms with Gasteiger partial charge in [-0.3, -0.25) is 4.79 Å². The average molecular weight is 375 g/mol. The van der Waals surface area contributed by atoms with Crippen LogP contribution in [0.1, 0.15) is 44.3 Å². The molecule has 25 heavy (non-hydrogen) atoms. The summed E-state index contributed by atoms with van der Waals surface area (Å²) in [6, 6.07) is 0. The minimum Gasteiger partial charge on any atom is -0.350 e. The Bertz CT molecular complexity index is 654. The zero-order valence-corrected chi connectivity index (χ0v) is 14.4. The first-order valence-corrected chi connectivity index (χ1v) is 9.44. The standard InChI is InChI=1S/C15H20F3N5OS/c16-15(17,18)12-21-22-13(23(12)19)25-7-11(24)20-14-4-8-1-9(5-14)3-10(2-8)6-14/h8-10H,1-7,19H2,(H,20,24). The number of halogens is 3. The second kappa shape index (κ2) is 5.78. The van der Waals surface area contributed by atoms with E-state index in [1.165, 1.54) is 19.3 Å². The van der Waals surface area contributed by atoms with Gasteiger partial charge in [0.1, 0.15) is 0 Å². The lowest BCUT2D eigenvalue weighted by Gasteiger charge is -2.56. The van der Waals surface area contributed by atoms with Crippen molar-refractivity contribution in [1.29, 1.82) is 0 Å². The van der Waals surface area contributed by atoms with Crippen LogP contribution >= 0.6 is 11.8 Å². The van der Waals surface area contributed by atoms with Gasteiger partial charge >= 0.3 is 6.18 Å². The minimum absolute atomic E-state index is 0.0189. The van der Waals surface area contributed by atoms with Gasteiger partial charge in [-0.05, 0) is 56.3 Å². The fourth-order valence-corrected chi connectivity index (χ4v) is 5.95. The maximum absolute atomic E-state index is 12.7. The number of thioether (sulfide) groups is 1. The number of alkyl halides is 3. The summed E-state index contributed by atoms with van der Waals surface area (Å²) in [5.41, 5.74) is -0.111. The van der Waals surface area contributed by atoms with Gasteiger partial charge < -0.3 is 11.2 Å². The monoisotopic (exact) mass is 375 g/mol. The third kappa shape index (κ3) is 3.20. The van der Waals surface area contributed by atoms with Crippen molar-refractivity contribution in [2.24, 2.45) is 17.8 Å². The smallest absolute Gasteiger partial charge is 0.350 e. The number of carbonyl (C=O) groups excluding carboxylic acids is 1. The van der Waals surface area contributed by atoms with Crippen molar-refractivity contribution in [3.63, 3.8) is 0 Å². The first-order chi connectivity index (χ1) is 11.7. The molecule has 0 unspecified atom stereocenters. The van der Waals surface area contributed by atoms with E-state index in [0.29, 0.717) is 22.4 Å². The first kappa shape index (κ1) is 17.0. The van der Waals surface area contributed by atoms with Crippen LogP contribution in [0.4, 0.5) is 13.2 Å². The predicted molar refractivity (Wildman–Crippen MR) is 84.9 cm³/mol. The zero-order valence-electron chi connectivity index (χ0n) is 13.6. The molecule has 0 aromatic carbocycles. The van der Waals surface area contributed by atoms with Gasteiger partial charge in [-0.25, -0.2) is 4.68 Å². The average Bonchev–Trinajstić information content (AvgIpc) is 2.84. The summed E-state index contributed by atoms with van der Waals surface area (Å²) in [5, 5.41) is 9.54. The highest BCUT2D eigenvalue weighted by Gasteiger charge is 2.51. The maximum atomic E-state index is 12.7. The fraction of sp³-hybridized carbons (Fsp3) is 0.800. The lowest BCUT2D eigenvalue weighted by Crippen LogP contribution is -2.60. The van der Waals surface area contributed by atoms with Gasteiger partial charge in [0.05, 0.1) is 5.75 Å². The van der Waals surface area contributed by atoms with Crippen molar-refractivity contribution in [2.45, 2.75) is 55.4 Å². The molecular formula is C15H20F3N5OS. The summed E-state index contributed by atoms with van der Waals surface area (Å²) in [7, 11) is 0.